The number of amides is 3. The summed E-state index contributed by atoms with van der Waals surface area (Å²) in [5.41, 5.74) is 0.414. The summed E-state index contributed by atoms with van der Waals surface area (Å²) in [6.45, 7) is 5.31. The zero-order chi connectivity index (χ0) is 13.5. The molecule has 1 atom stereocenters. The summed E-state index contributed by atoms with van der Waals surface area (Å²) in [4.78, 5) is 34.3. The number of imide groups is 1. The molecule has 0 bridgehead atoms. The third-order valence-electron chi connectivity index (χ3n) is 2.45. The Kier molecular flexibility index (Phi) is 5.05. The van der Waals surface area contributed by atoms with Crippen molar-refractivity contribution in [2.24, 2.45) is 0 Å². The fourth-order valence-electron chi connectivity index (χ4n) is 1.59. The lowest BCUT2D eigenvalue weighted by molar-refractivity contribution is -0.136. The Labute approximate surface area is 106 Å². The molecule has 0 unspecified atom stereocenters. The van der Waals surface area contributed by atoms with E-state index in [9.17, 15) is 14.4 Å². The first-order valence-electron chi connectivity index (χ1n) is 5.68. The van der Waals surface area contributed by atoms with Crippen LogP contribution in [0.3, 0.4) is 0 Å². The summed E-state index contributed by atoms with van der Waals surface area (Å²) < 4.78 is 0. The fraction of sp³-hybridized carbons (Fsp3) is 0.308. The van der Waals surface area contributed by atoms with Gasteiger partial charge >= 0.3 is 0 Å². The van der Waals surface area contributed by atoms with Crippen LogP contribution in [-0.4, -0.2) is 23.8 Å². The van der Waals surface area contributed by atoms with E-state index in [0.717, 1.165) is 0 Å². The lowest BCUT2D eigenvalue weighted by Gasteiger charge is -2.21. The van der Waals surface area contributed by atoms with Gasteiger partial charge in [-0.25, -0.2) is 0 Å². The largest absolute Gasteiger partial charge is 0.340 e. The molecule has 1 rings (SSSR count). The highest BCUT2D eigenvalue weighted by Gasteiger charge is 2.28. The van der Waals surface area contributed by atoms with E-state index in [2.05, 4.69) is 17.2 Å². The molecule has 96 valence electrons. The van der Waals surface area contributed by atoms with Gasteiger partial charge in [0.25, 0.3) is 5.91 Å². The molecule has 0 aliphatic carbocycles. The molecule has 1 saturated heterocycles. The average molecular weight is 248 g/mol. The second-order valence-corrected chi connectivity index (χ2v) is 3.83. The van der Waals surface area contributed by atoms with Crippen LogP contribution in [0.1, 0.15) is 19.8 Å². The minimum atomic E-state index is -0.659. The van der Waals surface area contributed by atoms with Crippen LogP contribution >= 0.6 is 0 Å². The molecular formula is C13H16N2O3. The van der Waals surface area contributed by atoms with Gasteiger partial charge in [-0.1, -0.05) is 30.9 Å². The third-order valence-corrected chi connectivity index (χ3v) is 2.45. The van der Waals surface area contributed by atoms with Gasteiger partial charge in [0.05, 0.1) is 0 Å². The van der Waals surface area contributed by atoms with Crippen molar-refractivity contribution in [2.75, 3.05) is 0 Å². The molecule has 5 nitrogen and oxygen atoms in total. The normalized spacial score (nSPS) is 20.7. The van der Waals surface area contributed by atoms with E-state index in [4.69, 9.17) is 0 Å². The van der Waals surface area contributed by atoms with Gasteiger partial charge in [-0.05, 0) is 13.3 Å². The van der Waals surface area contributed by atoms with Gasteiger partial charge in [0.15, 0.2) is 0 Å². The number of nitrogens with one attached hydrogen (secondary N) is 2. The number of carbonyl (C=O) groups is 3. The van der Waals surface area contributed by atoms with Gasteiger partial charge < -0.3 is 5.32 Å². The summed E-state index contributed by atoms with van der Waals surface area (Å²) in [7, 11) is 0. The topological polar surface area (TPSA) is 75.3 Å². The first-order valence-corrected chi connectivity index (χ1v) is 5.68. The smallest absolute Gasteiger partial charge is 0.251 e. The van der Waals surface area contributed by atoms with Crippen molar-refractivity contribution < 1.29 is 14.4 Å². The molecule has 2 N–H and O–H groups in total. The molecule has 1 aliphatic heterocycles. The van der Waals surface area contributed by atoms with Gasteiger partial charge in [-0.2, -0.15) is 0 Å². The Morgan fingerprint density at radius 1 is 1.50 bits per heavy atom. The van der Waals surface area contributed by atoms with Crippen LogP contribution in [-0.2, 0) is 14.4 Å². The Bertz CT molecular complexity index is 436. The van der Waals surface area contributed by atoms with E-state index in [-0.39, 0.29) is 18.2 Å². The number of hydrogen-bond acceptors (Lipinski definition) is 3. The van der Waals surface area contributed by atoms with E-state index in [1.807, 2.05) is 0 Å². The molecule has 3 amide bonds. The van der Waals surface area contributed by atoms with Crippen LogP contribution < -0.4 is 10.6 Å². The number of piperidine rings is 1. The standard InChI is InChI=1S/C13H16N2O3/c1-3-5-9(6-4-2)12(17)14-10-7-8-11(16)15-13(10)18/h3-6,10H,1,7-8H2,2H3,(H,14,17)(H,15,16,18)/b6-4?,9-5+/t10-/m0/s1. The van der Waals surface area contributed by atoms with Gasteiger partial charge in [0.2, 0.25) is 11.8 Å². The van der Waals surface area contributed by atoms with Crippen LogP contribution in [0.15, 0.2) is 36.5 Å². The SMILES string of the molecule is C=C/C=C(\C=CC)C(=O)N[C@H]1CCC(=O)NC1=O. The molecule has 0 spiro atoms. The Morgan fingerprint density at radius 3 is 2.78 bits per heavy atom. The van der Waals surface area contributed by atoms with Crippen molar-refractivity contribution in [1.29, 1.82) is 0 Å². The van der Waals surface area contributed by atoms with Crippen LogP contribution in [0.5, 0.6) is 0 Å². The number of hydrogen-bond donors (Lipinski definition) is 2. The van der Waals surface area contributed by atoms with Gasteiger partial charge in [-0.15, -0.1) is 0 Å². The highest BCUT2D eigenvalue weighted by molar-refractivity contribution is 6.04. The van der Waals surface area contributed by atoms with Crippen LogP contribution in [0.2, 0.25) is 0 Å². The summed E-state index contributed by atoms with van der Waals surface area (Å²) in [6.07, 6.45) is 6.97. The highest BCUT2D eigenvalue weighted by Crippen LogP contribution is 2.06. The highest BCUT2D eigenvalue weighted by atomic mass is 16.2. The molecular weight excluding hydrogens is 232 g/mol. The summed E-state index contributed by atoms with van der Waals surface area (Å²) >= 11 is 0. The van der Waals surface area contributed by atoms with E-state index in [1.165, 1.54) is 6.08 Å². The zero-order valence-corrected chi connectivity index (χ0v) is 10.2. The molecule has 0 aromatic heterocycles. The van der Waals surface area contributed by atoms with Gasteiger partial charge in [-0.3, -0.25) is 19.7 Å². The van der Waals surface area contributed by atoms with E-state index in [1.54, 1.807) is 25.2 Å². The molecule has 1 fully saturated rings. The van der Waals surface area contributed by atoms with Crippen molar-refractivity contribution in [2.45, 2.75) is 25.8 Å². The van der Waals surface area contributed by atoms with Crippen molar-refractivity contribution in [3.63, 3.8) is 0 Å². The summed E-state index contributed by atoms with van der Waals surface area (Å²) in [5.74, 6) is -1.12. The van der Waals surface area contributed by atoms with Crippen LogP contribution in [0, 0.1) is 0 Å². The predicted molar refractivity (Wildman–Crippen MR) is 67.4 cm³/mol. The van der Waals surface area contributed by atoms with E-state index in [0.29, 0.717) is 12.0 Å². The maximum absolute atomic E-state index is 11.9. The Balaban J connectivity index is 2.69. The second-order valence-electron chi connectivity index (χ2n) is 3.83. The molecule has 0 saturated carbocycles. The molecule has 18 heavy (non-hydrogen) atoms. The minimum absolute atomic E-state index is 0.237. The summed E-state index contributed by atoms with van der Waals surface area (Å²) in [5, 5.41) is 4.78. The number of allylic oxidation sites excluding steroid dienone is 3. The quantitative estimate of drug-likeness (QED) is 0.434. The molecule has 1 aliphatic rings. The average Bonchev–Trinajstić information content (AvgIpc) is 2.32. The zero-order valence-electron chi connectivity index (χ0n) is 10.2. The molecule has 5 heteroatoms. The maximum Gasteiger partial charge on any atom is 0.251 e. The number of carbonyl (C=O) groups excluding carboxylic acids is 3. The predicted octanol–water partition coefficient (Wildman–Crippen LogP) is 0.596. The van der Waals surface area contributed by atoms with Crippen molar-refractivity contribution >= 4 is 17.7 Å². The van der Waals surface area contributed by atoms with Crippen molar-refractivity contribution in [1.82, 2.24) is 10.6 Å². The molecule has 0 aromatic rings. The Hall–Kier alpha value is -2.17. The van der Waals surface area contributed by atoms with E-state index < -0.39 is 11.9 Å². The van der Waals surface area contributed by atoms with E-state index >= 15 is 0 Å². The lowest BCUT2D eigenvalue weighted by atomic mass is 10.1. The second kappa shape index (κ2) is 6.54. The fourth-order valence-corrected chi connectivity index (χ4v) is 1.59. The first kappa shape index (κ1) is 13.9. The summed E-state index contributed by atoms with van der Waals surface area (Å²) in [6, 6.07) is -0.659. The van der Waals surface area contributed by atoms with Crippen molar-refractivity contribution in [3.05, 3.63) is 36.5 Å². The monoisotopic (exact) mass is 248 g/mol. The van der Waals surface area contributed by atoms with Gasteiger partial charge in [0, 0.05) is 12.0 Å². The minimum Gasteiger partial charge on any atom is -0.340 e. The maximum atomic E-state index is 11.9. The molecule has 0 radical (unpaired) electrons. The van der Waals surface area contributed by atoms with Gasteiger partial charge in [0.1, 0.15) is 6.04 Å². The van der Waals surface area contributed by atoms with Crippen LogP contribution in [0.25, 0.3) is 0 Å². The Morgan fingerprint density at radius 2 is 2.22 bits per heavy atom. The lowest BCUT2D eigenvalue weighted by Crippen LogP contribution is -2.52. The number of rotatable bonds is 4. The van der Waals surface area contributed by atoms with Crippen LogP contribution in [0.4, 0.5) is 0 Å². The first-order chi connectivity index (χ1) is 8.58. The molecule has 0 aromatic carbocycles. The third kappa shape index (κ3) is 3.69. The van der Waals surface area contributed by atoms with Crippen molar-refractivity contribution in [3.8, 4) is 0 Å². The molecule has 1 heterocycles.